The van der Waals surface area contributed by atoms with Crippen LogP contribution in [0.1, 0.15) is 47.0 Å². The Hall–Kier alpha value is -0.900. The van der Waals surface area contributed by atoms with Crippen LogP contribution in [-0.4, -0.2) is 12.5 Å². The number of amides is 1. The molecule has 1 amide bonds. The lowest BCUT2D eigenvalue weighted by Gasteiger charge is -2.27. The first-order chi connectivity index (χ1) is 9.24. The minimum Gasteiger partial charge on any atom is -0.312 e. The third kappa shape index (κ3) is 5.23. The van der Waals surface area contributed by atoms with Gasteiger partial charge in [0.2, 0.25) is 5.91 Å². The molecule has 0 aliphatic carbocycles. The number of hydrogen-bond donors (Lipinski definition) is 0. The highest BCUT2D eigenvalue weighted by molar-refractivity contribution is 9.10. The fraction of sp³-hybridized carbons (Fsp3) is 0.562. The Kier molecular flexibility index (Phi) is 6.18. The van der Waals surface area contributed by atoms with Gasteiger partial charge in [-0.2, -0.15) is 0 Å². The molecule has 0 saturated heterocycles. The highest BCUT2D eigenvalue weighted by atomic mass is 79.9. The van der Waals surface area contributed by atoms with E-state index in [9.17, 15) is 9.18 Å². The molecule has 1 rings (SSSR count). The lowest BCUT2D eigenvalue weighted by molar-refractivity contribution is -0.120. The summed E-state index contributed by atoms with van der Waals surface area (Å²) in [6.45, 7) is 8.90. The van der Waals surface area contributed by atoms with Crippen LogP contribution >= 0.6 is 15.9 Å². The SMILES string of the molecule is CCCCN(C(=O)CC(C)(C)C)c1ccc(F)c(Br)c1. The summed E-state index contributed by atoms with van der Waals surface area (Å²) in [5, 5.41) is 0. The smallest absolute Gasteiger partial charge is 0.227 e. The van der Waals surface area contributed by atoms with Crippen molar-refractivity contribution in [3.8, 4) is 0 Å². The van der Waals surface area contributed by atoms with Crippen LogP contribution < -0.4 is 4.90 Å². The zero-order valence-corrected chi connectivity index (χ0v) is 14.3. The number of benzene rings is 1. The number of unbranched alkanes of at least 4 members (excludes halogenated alkanes) is 1. The van der Waals surface area contributed by atoms with E-state index in [2.05, 4.69) is 22.9 Å². The van der Waals surface area contributed by atoms with Crippen LogP contribution in [0.4, 0.5) is 10.1 Å². The van der Waals surface area contributed by atoms with Crippen molar-refractivity contribution in [1.82, 2.24) is 0 Å². The molecule has 0 aliphatic heterocycles. The zero-order valence-electron chi connectivity index (χ0n) is 12.7. The topological polar surface area (TPSA) is 20.3 Å². The third-order valence-electron chi connectivity index (χ3n) is 2.93. The Morgan fingerprint density at radius 1 is 1.35 bits per heavy atom. The van der Waals surface area contributed by atoms with E-state index in [1.807, 2.05) is 20.8 Å². The van der Waals surface area contributed by atoms with Crippen molar-refractivity contribution in [2.75, 3.05) is 11.4 Å². The molecule has 1 aromatic carbocycles. The van der Waals surface area contributed by atoms with E-state index >= 15 is 0 Å². The van der Waals surface area contributed by atoms with Crippen molar-refractivity contribution in [3.05, 3.63) is 28.5 Å². The second kappa shape index (κ2) is 7.21. The van der Waals surface area contributed by atoms with E-state index in [1.165, 1.54) is 6.07 Å². The maximum atomic E-state index is 13.3. The lowest BCUT2D eigenvalue weighted by atomic mass is 9.91. The van der Waals surface area contributed by atoms with E-state index in [1.54, 1.807) is 17.0 Å². The van der Waals surface area contributed by atoms with E-state index in [4.69, 9.17) is 0 Å². The lowest BCUT2D eigenvalue weighted by Crippen LogP contribution is -2.34. The Labute approximate surface area is 129 Å². The predicted octanol–water partition coefficient (Wildman–Crippen LogP) is 5.16. The first-order valence-electron chi connectivity index (χ1n) is 7.00. The van der Waals surface area contributed by atoms with Crippen LogP contribution in [0.15, 0.2) is 22.7 Å². The van der Waals surface area contributed by atoms with Crippen molar-refractivity contribution in [1.29, 1.82) is 0 Å². The van der Waals surface area contributed by atoms with Gasteiger partial charge in [0.1, 0.15) is 5.82 Å². The molecule has 0 unspecified atom stereocenters. The molecule has 0 aliphatic rings. The van der Waals surface area contributed by atoms with Crippen LogP contribution in [-0.2, 0) is 4.79 Å². The molecule has 0 N–H and O–H groups in total. The Morgan fingerprint density at radius 3 is 2.50 bits per heavy atom. The van der Waals surface area contributed by atoms with Gasteiger partial charge in [-0.05, 0) is 46.0 Å². The summed E-state index contributed by atoms with van der Waals surface area (Å²) < 4.78 is 13.7. The molecule has 0 bridgehead atoms. The van der Waals surface area contributed by atoms with E-state index < -0.39 is 0 Å². The maximum absolute atomic E-state index is 13.3. The highest BCUT2D eigenvalue weighted by Crippen LogP contribution is 2.27. The molecule has 0 atom stereocenters. The van der Waals surface area contributed by atoms with Crippen molar-refractivity contribution in [3.63, 3.8) is 0 Å². The summed E-state index contributed by atoms with van der Waals surface area (Å²) in [4.78, 5) is 14.2. The quantitative estimate of drug-likeness (QED) is 0.723. The van der Waals surface area contributed by atoms with Crippen LogP contribution in [0.3, 0.4) is 0 Å². The summed E-state index contributed by atoms with van der Waals surface area (Å²) in [6.07, 6.45) is 2.43. The average molecular weight is 344 g/mol. The minimum atomic E-state index is -0.313. The normalized spacial score (nSPS) is 11.5. The first-order valence-corrected chi connectivity index (χ1v) is 7.79. The Morgan fingerprint density at radius 2 is 2.00 bits per heavy atom. The fourth-order valence-electron chi connectivity index (χ4n) is 1.92. The third-order valence-corrected chi connectivity index (χ3v) is 3.54. The number of carbonyl (C=O) groups excluding carboxylic acids is 1. The van der Waals surface area contributed by atoms with Crippen molar-refractivity contribution < 1.29 is 9.18 Å². The standard InChI is InChI=1S/C16H23BrFNO/c1-5-6-9-19(15(20)11-16(2,3)4)12-7-8-14(18)13(17)10-12/h7-8,10H,5-6,9,11H2,1-4H3. The molecule has 0 saturated carbocycles. The molecular formula is C16H23BrFNO. The predicted molar refractivity (Wildman–Crippen MR) is 85.4 cm³/mol. The Bertz CT molecular complexity index is 468. The van der Waals surface area contributed by atoms with Crippen LogP contribution in [0.5, 0.6) is 0 Å². The monoisotopic (exact) mass is 343 g/mol. The number of carbonyl (C=O) groups is 1. The molecule has 20 heavy (non-hydrogen) atoms. The van der Waals surface area contributed by atoms with Gasteiger partial charge in [0.15, 0.2) is 0 Å². The summed E-state index contributed by atoms with van der Waals surface area (Å²) >= 11 is 3.18. The van der Waals surface area contributed by atoms with Gasteiger partial charge in [-0.3, -0.25) is 4.79 Å². The highest BCUT2D eigenvalue weighted by Gasteiger charge is 2.22. The molecule has 112 valence electrons. The van der Waals surface area contributed by atoms with Crippen LogP contribution in [0.25, 0.3) is 0 Å². The van der Waals surface area contributed by atoms with Gasteiger partial charge in [-0.15, -0.1) is 0 Å². The molecular weight excluding hydrogens is 321 g/mol. The number of halogens is 2. The number of anilines is 1. The van der Waals surface area contributed by atoms with Crippen LogP contribution in [0.2, 0.25) is 0 Å². The fourth-order valence-corrected chi connectivity index (χ4v) is 2.28. The van der Waals surface area contributed by atoms with E-state index in [-0.39, 0.29) is 17.1 Å². The molecule has 0 fully saturated rings. The molecule has 0 heterocycles. The number of rotatable bonds is 5. The Balaban J connectivity index is 2.98. The van der Waals surface area contributed by atoms with E-state index in [0.29, 0.717) is 17.4 Å². The van der Waals surface area contributed by atoms with Crippen molar-refractivity contribution in [2.45, 2.75) is 47.0 Å². The van der Waals surface area contributed by atoms with Crippen molar-refractivity contribution >= 4 is 27.5 Å². The molecule has 1 aromatic rings. The maximum Gasteiger partial charge on any atom is 0.227 e. The van der Waals surface area contributed by atoms with Crippen LogP contribution in [0, 0.1) is 11.2 Å². The summed E-state index contributed by atoms with van der Waals surface area (Å²) in [7, 11) is 0. The molecule has 0 radical (unpaired) electrons. The second-order valence-electron chi connectivity index (χ2n) is 6.23. The largest absolute Gasteiger partial charge is 0.312 e. The van der Waals surface area contributed by atoms with Gasteiger partial charge in [0.25, 0.3) is 0 Å². The van der Waals surface area contributed by atoms with E-state index in [0.717, 1.165) is 18.5 Å². The first kappa shape index (κ1) is 17.2. The van der Waals surface area contributed by atoms with Gasteiger partial charge in [-0.1, -0.05) is 34.1 Å². The second-order valence-corrected chi connectivity index (χ2v) is 7.09. The van der Waals surface area contributed by atoms with Gasteiger partial charge in [0.05, 0.1) is 4.47 Å². The number of nitrogens with zero attached hydrogens (tertiary/aromatic N) is 1. The summed E-state index contributed by atoms with van der Waals surface area (Å²) in [5.41, 5.74) is 0.694. The molecule has 2 nitrogen and oxygen atoms in total. The number of hydrogen-bond acceptors (Lipinski definition) is 1. The van der Waals surface area contributed by atoms with Crippen molar-refractivity contribution in [2.24, 2.45) is 5.41 Å². The van der Waals surface area contributed by atoms with Gasteiger partial charge < -0.3 is 4.90 Å². The van der Waals surface area contributed by atoms with Gasteiger partial charge in [-0.25, -0.2) is 4.39 Å². The molecule has 4 heteroatoms. The van der Waals surface area contributed by atoms with Gasteiger partial charge >= 0.3 is 0 Å². The summed E-state index contributed by atoms with van der Waals surface area (Å²) in [6, 6.07) is 4.73. The zero-order chi connectivity index (χ0) is 15.3. The molecule has 0 aromatic heterocycles. The average Bonchev–Trinajstić information content (AvgIpc) is 2.31. The molecule has 0 spiro atoms. The van der Waals surface area contributed by atoms with Gasteiger partial charge in [0, 0.05) is 18.7 Å². The minimum absolute atomic E-state index is 0.0567. The summed E-state index contributed by atoms with van der Waals surface area (Å²) in [5.74, 6) is -0.225.